The topological polar surface area (TPSA) is 70.1 Å². The first-order chi connectivity index (χ1) is 11.1. The van der Waals surface area contributed by atoms with Crippen LogP contribution in [-0.2, 0) is 11.3 Å². The average molecular weight is 327 g/mol. The number of nitrogens with zero attached hydrogens (tertiary/aromatic N) is 2. The van der Waals surface area contributed by atoms with Crippen LogP contribution in [0, 0.1) is 6.92 Å². The van der Waals surface area contributed by atoms with Gasteiger partial charge < -0.3 is 10.5 Å². The van der Waals surface area contributed by atoms with E-state index in [0.29, 0.717) is 17.1 Å². The van der Waals surface area contributed by atoms with Crippen LogP contribution in [0.15, 0.2) is 42.6 Å². The third-order valence-corrected chi connectivity index (χ3v) is 4.69. The monoisotopic (exact) mass is 327 g/mol. The summed E-state index contributed by atoms with van der Waals surface area (Å²) in [6.45, 7) is 2.65. The lowest BCUT2D eigenvalue weighted by molar-refractivity contribution is 0.0607. The van der Waals surface area contributed by atoms with Gasteiger partial charge in [-0.2, -0.15) is 5.10 Å². The van der Waals surface area contributed by atoms with Crippen LogP contribution < -0.4 is 5.73 Å². The summed E-state index contributed by atoms with van der Waals surface area (Å²) in [6.07, 6.45) is 1.98. The molecule has 2 heterocycles. The van der Waals surface area contributed by atoms with Gasteiger partial charge in [0.15, 0.2) is 0 Å². The smallest absolute Gasteiger partial charge is 0.350 e. The summed E-state index contributed by atoms with van der Waals surface area (Å²) in [5.41, 5.74) is 9.42. The largest absolute Gasteiger partial charge is 0.465 e. The van der Waals surface area contributed by atoms with Crippen LogP contribution >= 0.6 is 11.3 Å². The number of nitrogen functional groups attached to an aromatic ring is 1. The van der Waals surface area contributed by atoms with Crippen molar-refractivity contribution in [3.63, 3.8) is 0 Å². The van der Waals surface area contributed by atoms with Crippen molar-refractivity contribution in [1.29, 1.82) is 0 Å². The molecule has 0 unspecified atom stereocenters. The van der Waals surface area contributed by atoms with E-state index in [1.54, 1.807) is 6.07 Å². The quantitative estimate of drug-likeness (QED) is 0.746. The Morgan fingerprint density at radius 1 is 1.35 bits per heavy atom. The number of carbonyl (C=O) groups excluding carboxylic acids is 1. The van der Waals surface area contributed by atoms with Crippen molar-refractivity contribution in [1.82, 2.24) is 9.78 Å². The van der Waals surface area contributed by atoms with Crippen LogP contribution in [-0.4, -0.2) is 22.9 Å². The predicted octanol–water partition coefficient (Wildman–Crippen LogP) is 3.34. The number of hydrogen-bond acceptors (Lipinski definition) is 5. The first-order valence-electron chi connectivity index (χ1n) is 7.14. The molecular weight excluding hydrogens is 310 g/mol. The Morgan fingerprint density at radius 2 is 2.09 bits per heavy atom. The number of rotatable bonds is 4. The molecule has 2 N–H and O–H groups in total. The average Bonchev–Trinajstić information content (AvgIpc) is 3.10. The number of benzene rings is 1. The normalized spacial score (nSPS) is 10.7. The Balaban J connectivity index is 1.91. The van der Waals surface area contributed by atoms with Crippen LogP contribution in [0.2, 0.25) is 0 Å². The van der Waals surface area contributed by atoms with Crippen molar-refractivity contribution in [3.05, 3.63) is 58.7 Å². The number of aromatic nitrogens is 2. The third kappa shape index (κ3) is 3.12. The summed E-state index contributed by atoms with van der Waals surface area (Å²) < 4.78 is 6.65. The first kappa shape index (κ1) is 15.3. The zero-order valence-corrected chi connectivity index (χ0v) is 13.8. The van der Waals surface area contributed by atoms with E-state index in [-0.39, 0.29) is 0 Å². The zero-order valence-electron chi connectivity index (χ0n) is 12.9. The van der Waals surface area contributed by atoms with Crippen molar-refractivity contribution in [2.24, 2.45) is 0 Å². The number of hydrogen-bond donors (Lipinski definition) is 1. The molecule has 5 nitrogen and oxygen atoms in total. The molecule has 0 bridgehead atoms. The Kier molecular flexibility index (Phi) is 4.16. The molecule has 0 aliphatic heterocycles. The highest BCUT2D eigenvalue weighted by Gasteiger charge is 2.18. The highest BCUT2D eigenvalue weighted by molar-refractivity contribution is 7.18. The van der Waals surface area contributed by atoms with Crippen LogP contribution in [0.3, 0.4) is 0 Å². The van der Waals surface area contributed by atoms with Gasteiger partial charge in [-0.3, -0.25) is 4.68 Å². The van der Waals surface area contributed by atoms with Crippen molar-refractivity contribution < 1.29 is 9.53 Å². The van der Waals surface area contributed by atoms with Gasteiger partial charge in [0.25, 0.3) is 0 Å². The van der Waals surface area contributed by atoms with Crippen molar-refractivity contribution >= 4 is 23.0 Å². The summed E-state index contributed by atoms with van der Waals surface area (Å²) in [5, 5.41) is 4.55. The van der Waals surface area contributed by atoms with Gasteiger partial charge in [0, 0.05) is 16.6 Å². The highest BCUT2D eigenvalue weighted by atomic mass is 32.1. The third-order valence-electron chi connectivity index (χ3n) is 3.53. The number of thiophene rings is 1. The van der Waals surface area contributed by atoms with E-state index in [4.69, 9.17) is 10.5 Å². The lowest BCUT2D eigenvalue weighted by atomic mass is 10.2. The second-order valence-corrected chi connectivity index (χ2v) is 6.25. The molecule has 0 amide bonds. The molecule has 0 saturated carbocycles. The molecule has 2 aromatic heterocycles. The lowest BCUT2D eigenvalue weighted by Crippen LogP contribution is -2.00. The van der Waals surface area contributed by atoms with Gasteiger partial charge in [0.1, 0.15) is 4.88 Å². The molecule has 0 aliphatic rings. The predicted molar refractivity (Wildman–Crippen MR) is 91.6 cm³/mol. The molecule has 0 spiro atoms. The Labute approximate surface area is 138 Å². The molecule has 3 rings (SSSR count). The van der Waals surface area contributed by atoms with E-state index >= 15 is 0 Å². The number of anilines is 1. The van der Waals surface area contributed by atoms with Crippen molar-refractivity contribution in [2.45, 2.75) is 13.5 Å². The second-order valence-electron chi connectivity index (χ2n) is 5.20. The lowest BCUT2D eigenvalue weighted by Gasteiger charge is -2.00. The molecule has 0 atom stereocenters. The number of ether oxygens (including phenoxy) is 1. The summed E-state index contributed by atoms with van der Waals surface area (Å²) in [4.78, 5) is 13.0. The molecule has 6 heteroatoms. The van der Waals surface area contributed by atoms with Gasteiger partial charge in [-0.25, -0.2) is 4.79 Å². The van der Waals surface area contributed by atoms with E-state index in [1.165, 1.54) is 24.0 Å². The van der Waals surface area contributed by atoms with Gasteiger partial charge in [-0.05, 0) is 18.6 Å². The summed E-state index contributed by atoms with van der Waals surface area (Å²) in [6, 6.07) is 11.9. The van der Waals surface area contributed by atoms with Crippen LogP contribution in [0.25, 0.3) is 10.4 Å². The molecule has 0 aliphatic carbocycles. The van der Waals surface area contributed by atoms with Crippen LogP contribution in [0.4, 0.5) is 5.69 Å². The second kappa shape index (κ2) is 6.26. The van der Waals surface area contributed by atoms with E-state index in [9.17, 15) is 4.79 Å². The molecular formula is C17H17N3O2S. The minimum Gasteiger partial charge on any atom is -0.465 e. The van der Waals surface area contributed by atoms with Crippen molar-refractivity contribution in [3.8, 4) is 10.4 Å². The number of methoxy groups -OCH3 is 1. The minimum absolute atomic E-state index is 0.409. The minimum atomic E-state index is -0.409. The van der Waals surface area contributed by atoms with Gasteiger partial charge in [0.05, 0.1) is 25.0 Å². The molecule has 23 heavy (non-hydrogen) atoms. The van der Waals surface area contributed by atoms with Gasteiger partial charge in [-0.1, -0.05) is 30.3 Å². The summed E-state index contributed by atoms with van der Waals surface area (Å²) in [5.74, 6) is -0.409. The Bertz CT molecular complexity index is 837. The van der Waals surface area contributed by atoms with Gasteiger partial charge in [0.2, 0.25) is 0 Å². The molecule has 118 valence electrons. The summed E-state index contributed by atoms with van der Waals surface area (Å²) >= 11 is 1.33. The Hall–Kier alpha value is -2.60. The SMILES string of the molecule is COC(=O)c1sc(-c2cn(Cc3ccccc3)nc2C)cc1N. The number of esters is 1. The first-order valence-corrected chi connectivity index (χ1v) is 7.96. The fourth-order valence-corrected chi connectivity index (χ4v) is 3.46. The highest BCUT2D eigenvalue weighted by Crippen LogP contribution is 2.35. The summed E-state index contributed by atoms with van der Waals surface area (Å²) in [7, 11) is 1.35. The van der Waals surface area contributed by atoms with Gasteiger partial charge in [-0.15, -0.1) is 11.3 Å². The fraction of sp³-hybridized carbons (Fsp3) is 0.176. The fourth-order valence-electron chi connectivity index (χ4n) is 2.40. The van der Waals surface area contributed by atoms with E-state index in [1.807, 2.05) is 36.0 Å². The molecule has 0 fully saturated rings. The molecule has 0 radical (unpaired) electrons. The molecule has 1 aromatic carbocycles. The maximum absolute atomic E-state index is 11.7. The maximum atomic E-state index is 11.7. The zero-order chi connectivity index (χ0) is 16.4. The van der Waals surface area contributed by atoms with E-state index in [0.717, 1.165) is 16.1 Å². The van der Waals surface area contributed by atoms with E-state index < -0.39 is 5.97 Å². The molecule has 3 aromatic rings. The number of nitrogens with two attached hydrogens (primary N) is 1. The van der Waals surface area contributed by atoms with Crippen LogP contribution in [0.1, 0.15) is 20.9 Å². The van der Waals surface area contributed by atoms with Crippen molar-refractivity contribution in [2.75, 3.05) is 12.8 Å². The number of aryl methyl sites for hydroxylation is 1. The Morgan fingerprint density at radius 3 is 2.78 bits per heavy atom. The van der Waals surface area contributed by atoms with Gasteiger partial charge >= 0.3 is 5.97 Å². The maximum Gasteiger partial charge on any atom is 0.350 e. The molecule has 0 saturated heterocycles. The van der Waals surface area contributed by atoms with E-state index in [2.05, 4.69) is 17.2 Å². The van der Waals surface area contributed by atoms with Crippen LogP contribution in [0.5, 0.6) is 0 Å². The standard InChI is InChI=1S/C17H17N3O2S/c1-11-13(15-8-14(18)16(23-15)17(21)22-2)10-20(19-11)9-12-6-4-3-5-7-12/h3-8,10H,9,18H2,1-2H3. The number of carbonyl (C=O) groups is 1.